The van der Waals surface area contributed by atoms with E-state index in [2.05, 4.69) is 29.3 Å². The first-order valence-corrected chi connectivity index (χ1v) is 6.00. The Balaban J connectivity index is 2.03. The summed E-state index contributed by atoms with van der Waals surface area (Å²) in [7, 11) is 1.78. The fourth-order valence-corrected chi connectivity index (χ4v) is 2.61. The monoisotopic (exact) mass is 223 g/mol. The van der Waals surface area contributed by atoms with Crippen LogP contribution in [0.2, 0.25) is 0 Å². The van der Waals surface area contributed by atoms with Crippen molar-refractivity contribution < 1.29 is 0 Å². The minimum absolute atomic E-state index is 0.130. The van der Waals surface area contributed by atoms with Crippen LogP contribution >= 0.6 is 0 Å². The van der Waals surface area contributed by atoms with Crippen molar-refractivity contribution >= 4 is 0 Å². The Bertz CT molecular complexity index is 361. The van der Waals surface area contributed by atoms with E-state index in [1.54, 1.807) is 7.05 Å². The maximum Gasteiger partial charge on any atom is 0.176 e. The number of aryl methyl sites for hydroxylation is 1. The van der Waals surface area contributed by atoms with Crippen LogP contribution in [-0.2, 0) is 13.5 Å². The Labute approximate surface area is 96.4 Å². The number of rotatable bonds is 2. The van der Waals surface area contributed by atoms with Crippen LogP contribution in [0.4, 0.5) is 0 Å². The largest absolute Gasteiger partial charge is 0.325 e. The van der Waals surface area contributed by atoms with Crippen molar-refractivity contribution in [1.82, 2.24) is 20.2 Å². The summed E-state index contributed by atoms with van der Waals surface area (Å²) in [5.74, 6) is 2.24. The molecule has 2 rings (SSSR count). The highest BCUT2D eigenvalue weighted by molar-refractivity contribution is 4.98. The van der Waals surface area contributed by atoms with Crippen LogP contribution in [0.3, 0.4) is 0 Å². The van der Waals surface area contributed by atoms with Crippen LogP contribution in [0.1, 0.15) is 38.9 Å². The fraction of sp³-hybridized carbons (Fsp3) is 0.909. The highest BCUT2D eigenvalue weighted by Crippen LogP contribution is 2.35. The van der Waals surface area contributed by atoms with Crippen molar-refractivity contribution in [2.75, 3.05) is 0 Å². The third-order valence-corrected chi connectivity index (χ3v) is 3.86. The zero-order valence-electron chi connectivity index (χ0n) is 10.3. The highest BCUT2D eigenvalue weighted by Gasteiger charge is 2.35. The molecule has 0 amide bonds. The second kappa shape index (κ2) is 4.13. The van der Waals surface area contributed by atoms with Crippen molar-refractivity contribution in [2.24, 2.45) is 24.6 Å². The zero-order valence-corrected chi connectivity index (χ0v) is 10.3. The maximum atomic E-state index is 6.44. The lowest BCUT2D eigenvalue weighted by Gasteiger charge is -2.39. The molecule has 0 aromatic carbocycles. The summed E-state index contributed by atoms with van der Waals surface area (Å²) in [6.45, 7) is 4.60. The van der Waals surface area contributed by atoms with Crippen molar-refractivity contribution in [3.63, 3.8) is 0 Å². The number of hydrogen-bond acceptors (Lipinski definition) is 4. The summed E-state index contributed by atoms with van der Waals surface area (Å²) in [6, 6.07) is 0. The lowest BCUT2D eigenvalue weighted by atomic mass is 9.70. The first kappa shape index (κ1) is 11.5. The van der Waals surface area contributed by atoms with Gasteiger partial charge in [0.05, 0.1) is 7.05 Å². The van der Waals surface area contributed by atoms with Crippen molar-refractivity contribution in [1.29, 1.82) is 0 Å². The Kier molecular flexibility index (Phi) is 2.97. The molecule has 1 aromatic rings. The van der Waals surface area contributed by atoms with Gasteiger partial charge in [0.1, 0.15) is 0 Å². The normalized spacial score (nSPS) is 35.2. The van der Waals surface area contributed by atoms with Crippen molar-refractivity contribution in [3.8, 4) is 0 Å². The standard InChI is InChI=1S/C11H21N5/c1-8-4-5-11(12,6-9(8)2)7-10-13-15-16(3)14-10/h8-9H,4-7,12H2,1-3H3. The van der Waals surface area contributed by atoms with E-state index in [-0.39, 0.29) is 5.54 Å². The Morgan fingerprint density at radius 2 is 2.19 bits per heavy atom. The first-order chi connectivity index (χ1) is 7.48. The zero-order chi connectivity index (χ0) is 11.8. The Morgan fingerprint density at radius 3 is 2.75 bits per heavy atom. The predicted molar refractivity (Wildman–Crippen MR) is 61.6 cm³/mol. The van der Waals surface area contributed by atoms with Gasteiger partial charge >= 0.3 is 0 Å². The molecule has 1 heterocycles. The molecule has 0 radical (unpaired) electrons. The molecule has 2 N–H and O–H groups in total. The van der Waals surface area contributed by atoms with Gasteiger partial charge in [-0.05, 0) is 36.3 Å². The van der Waals surface area contributed by atoms with Gasteiger partial charge in [0.2, 0.25) is 0 Å². The average molecular weight is 223 g/mol. The molecule has 1 aromatic heterocycles. The number of nitrogens with zero attached hydrogens (tertiary/aromatic N) is 4. The van der Waals surface area contributed by atoms with Gasteiger partial charge in [-0.25, -0.2) is 0 Å². The van der Waals surface area contributed by atoms with Crippen LogP contribution in [-0.4, -0.2) is 25.7 Å². The molecule has 5 nitrogen and oxygen atoms in total. The van der Waals surface area contributed by atoms with E-state index < -0.39 is 0 Å². The van der Waals surface area contributed by atoms with E-state index in [0.29, 0.717) is 5.92 Å². The van der Waals surface area contributed by atoms with E-state index in [4.69, 9.17) is 5.73 Å². The third-order valence-electron chi connectivity index (χ3n) is 3.86. The maximum absolute atomic E-state index is 6.44. The molecule has 3 atom stereocenters. The summed E-state index contributed by atoms with van der Waals surface area (Å²) in [4.78, 5) is 1.49. The molecule has 0 saturated heterocycles. The van der Waals surface area contributed by atoms with Crippen molar-refractivity contribution in [2.45, 2.75) is 45.1 Å². The summed E-state index contributed by atoms with van der Waals surface area (Å²) in [5, 5.41) is 12.1. The number of hydrogen-bond donors (Lipinski definition) is 1. The first-order valence-electron chi connectivity index (χ1n) is 6.00. The molecular weight excluding hydrogens is 202 g/mol. The van der Waals surface area contributed by atoms with Gasteiger partial charge < -0.3 is 5.73 Å². The van der Waals surface area contributed by atoms with Crippen molar-refractivity contribution in [3.05, 3.63) is 5.82 Å². The molecule has 1 aliphatic rings. The lowest BCUT2D eigenvalue weighted by Crippen LogP contribution is -2.47. The quantitative estimate of drug-likeness (QED) is 0.809. The van der Waals surface area contributed by atoms with E-state index in [9.17, 15) is 0 Å². The molecule has 0 aliphatic heterocycles. The van der Waals surface area contributed by atoms with Crippen LogP contribution in [0, 0.1) is 11.8 Å². The second-order valence-corrected chi connectivity index (χ2v) is 5.43. The minimum atomic E-state index is -0.130. The Hall–Kier alpha value is -0.970. The SMILES string of the molecule is CC1CCC(N)(Cc2nnn(C)n2)CC1C. The molecule has 16 heavy (non-hydrogen) atoms. The number of aromatic nitrogens is 4. The van der Waals surface area contributed by atoms with Crippen LogP contribution in [0.25, 0.3) is 0 Å². The molecule has 1 aliphatic carbocycles. The summed E-state index contributed by atoms with van der Waals surface area (Å²) >= 11 is 0. The molecule has 1 saturated carbocycles. The van der Waals surface area contributed by atoms with Crippen LogP contribution < -0.4 is 5.73 Å². The van der Waals surface area contributed by atoms with E-state index in [1.165, 1.54) is 11.2 Å². The van der Waals surface area contributed by atoms with Gasteiger partial charge in [0.25, 0.3) is 0 Å². The van der Waals surface area contributed by atoms with Crippen LogP contribution in [0.15, 0.2) is 0 Å². The summed E-state index contributed by atoms with van der Waals surface area (Å²) in [6.07, 6.45) is 4.08. The van der Waals surface area contributed by atoms with Gasteiger partial charge in [0, 0.05) is 12.0 Å². The summed E-state index contributed by atoms with van der Waals surface area (Å²) < 4.78 is 0. The van der Waals surface area contributed by atoms with Gasteiger partial charge in [-0.1, -0.05) is 13.8 Å². The topological polar surface area (TPSA) is 69.6 Å². The van der Waals surface area contributed by atoms with E-state index >= 15 is 0 Å². The van der Waals surface area contributed by atoms with Gasteiger partial charge in [-0.3, -0.25) is 0 Å². The molecule has 0 bridgehead atoms. The Morgan fingerprint density at radius 1 is 1.44 bits per heavy atom. The molecule has 1 fully saturated rings. The lowest BCUT2D eigenvalue weighted by molar-refractivity contribution is 0.174. The summed E-state index contributed by atoms with van der Waals surface area (Å²) in [5.41, 5.74) is 6.31. The van der Waals surface area contributed by atoms with Gasteiger partial charge in [-0.15, -0.1) is 10.2 Å². The predicted octanol–water partition coefficient (Wildman–Crippen LogP) is 0.906. The van der Waals surface area contributed by atoms with Crippen LogP contribution in [0.5, 0.6) is 0 Å². The smallest absolute Gasteiger partial charge is 0.176 e. The highest BCUT2D eigenvalue weighted by atomic mass is 15.6. The minimum Gasteiger partial charge on any atom is -0.325 e. The number of nitrogens with two attached hydrogens (primary N) is 1. The molecule has 5 heteroatoms. The third kappa shape index (κ3) is 2.40. The number of tetrazole rings is 1. The molecule has 0 spiro atoms. The fourth-order valence-electron chi connectivity index (χ4n) is 2.61. The average Bonchev–Trinajstić information content (AvgIpc) is 2.58. The van der Waals surface area contributed by atoms with E-state index in [1.807, 2.05) is 0 Å². The van der Waals surface area contributed by atoms with E-state index in [0.717, 1.165) is 31.0 Å². The van der Waals surface area contributed by atoms with Gasteiger partial charge in [-0.2, -0.15) is 4.80 Å². The second-order valence-electron chi connectivity index (χ2n) is 5.43. The molecule has 90 valence electrons. The van der Waals surface area contributed by atoms with Gasteiger partial charge in [0.15, 0.2) is 5.82 Å². The molecule has 3 unspecified atom stereocenters. The molecular formula is C11H21N5.